The molecule has 6 nitrogen and oxygen atoms in total. The number of nitrogens with one attached hydrogen (secondary N) is 1. The molecule has 6 heteroatoms. The number of aromatic nitrogens is 4. The van der Waals surface area contributed by atoms with E-state index in [1.165, 1.54) is 6.33 Å². The van der Waals surface area contributed by atoms with Crippen LogP contribution in [0.2, 0.25) is 0 Å². The fourth-order valence-corrected chi connectivity index (χ4v) is 3.16. The van der Waals surface area contributed by atoms with E-state index < -0.39 is 5.41 Å². The second-order valence-electron chi connectivity index (χ2n) is 6.06. The largest absolute Gasteiger partial charge is 0.325 e. The third kappa shape index (κ3) is 2.46. The Morgan fingerprint density at radius 2 is 1.79 bits per heavy atom. The second kappa shape index (κ2) is 5.88. The summed E-state index contributed by atoms with van der Waals surface area (Å²) in [6.07, 6.45) is 4.41. The molecule has 1 N–H and O–H groups in total. The third-order valence-electron chi connectivity index (χ3n) is 4.71. The van der Waals surface area contributed by atoms with Crippen molar-refractivity contribution in [2.24, 2.45) is 0 Å². The van der Waals surface area contributed by atoms with Gasteiger partial charge < -0.3 is 5.32 Å². The summed E-state index contributed by atoms with van der Waals surface area (Å²) in [6, 6.07) is 17.5. The Morgan fingerprint density at radius 1 is 1.04 bits per heavy atom. The molecule has 3 aromatic rings. The van der Waals surface area contributed by atoms with Gasteiger partial charge in [-0.25, -0.2) is 4.68 Å². The molecule has 0 saturated heterocycles. The molecule has 0 spiro atoms. The number of carbonyl (C=O) groups excluding carboxylic acids is 1. The number of hydrogen-bond donors (Lipinski definition) is 1. The van der Waals surface area contributed by atoms with E-state index in [0.29, 0.717) is 0 Å². The zero-order valence-corrected chi connectivity index (χ0v) is 13.1. The van der Waals surface area contributed by atoms with E-state index in [0.717, 1.165) is 36.2 Å². The first-order valence-electron chi connectivity index (χ1n) is 7.98. The Bertz CT molecular complexity index is 824. The summed E-state index contributed by atoms with van der Waals surface area (Å²) in [4.78, 5) is 12.9. The van der Waals surface area contributed by atoms with Gasteiger partial charge in [-0.2, -0.15) is 0 Å². The van der Waals surface area contributed by atoms with E-state index in [1.807, 2.05) is 54.6 Å². The smallest absolute Gasteiger partial charge is 0.235 e. The highest BCUT2D eigenvalue weighted by Crippen LogP contribution is 2.44. The molecule has 0 bridgehead atoms. The van der Waals surface area contributed by atoms with Gasteiger partial charge >= 0.3 is 0 Å². The summed E-state index contributed by atoms with van der Waals surface area (Å²) in [5, 5.41) is 14.1. The molecule has 120 valence electrons. The molecule has 1 aliphatic carbocycles. The van der Waals surface area contributed by atoms with E-state index in [2.05, 4.69) is 20.8 Å². The van der Waals surface area contributed by atoms with Crippen LogP contribution < -0.4 is 5.32 Å². The van der Waals surface area contributed by atoms with Gasteiger partial charge in [0.15, 0.2) is 0 Å². The monoisotopic (exact) mass is 319 g/mol. The van der Waals surface area contributed by atoms with Crippen LogP contribution in [0.5, 0.6) is 0 Å². The fourth-order valence-electron chi connectivity index (χ4n) is 3.16. The van der Waals surface area contributed by atoms with Crippen LogP contribution in [0.25, 0.3) is 5.69 Å². The van der Waals surface area contributed by atoms with Crippen LogP contribution in [0.3, 0.4) is 0 Å². The van der Waals surface area contributed by atoms with Crippen LogP contribution in [0, 0.1) is 0 Å². The lowest BCUT2D eigenvalue weighted by atomic mass is 9.64. The Kier molecular flexibility index (Phi) is 3.57. The first kappa shape index (κ1) is 14.6. The molecule has 2 aromatic carbocycles. The number of tetrazole rings is 1. The lowest BCUT2D eigenvalue weighted by molar-refractivity contribution is -0.124. The van der Waals surface area contributed by atoms with Crippen LogP contribution in [0.1, 0.15) is 24.8 Å². The number of nitrogens with zero attached hydrogens (tertiary/aromatic N) is 4. The summed E-state index contributed by atoms with van der Waals surface area (Å²) in [6.45, 7) is 0. The van der Waals surface area contributed by atoms with E-state index in [1.54, 1.807) is 4.68 Å². The van der Waals surface area contributed by atoms with Gasteiger partial charge in [0.05, 0.1) is 11.1 Å². The van der Waals surface area contributed by atoms with Crippen molar-refractivity contribution in [1.82, 2.24) is 20.2 Å². The number of benzene rings is 2. The van der Waals surface area contributed by atoms with Gasteiger partial charge in [0.2, 0.25) is 5.91 Å². The normalized spacial score (nSPS) is 15.5. The standard InChI is InChI=1S/C18H17N5O/c24-17(18(11-4-12-18)14-5-2-1-3-6-14)20-15-7-9-16(10-8-15)23-13-19-21-22-23/h1-3,5-10,13H,4,11-12H2,(H,20,24). The number of rotatable bonds is 4. The van der Waals surface area contributed by atoms with Crippen molar-refractivity contribution < 1.29 is 4.79 Å². The molecule has 1 fully saturated rings. The Balaban J connectivity index is 1.53. The first-order valence-corrected chi connectivity index (χ1v) is 7.98. The maximum Gasteiger partial charge on any atom is 0.235 e. The maximum atomic E-state index is 12.9. The molecule has 1 saturated carbocycles. The minimum absolute atomic E-state index is 0.0649. The molecule has 1 aromatic heterocycles. The van der Waals surface area contributed by atoms with Crippen molar-refractivity contribution in [2.45, 2.75) is 24.7 Å². The molecule has 0 unspecified atom stereocenters. The molecule has 4 rings (SSSR count). The molecule has 0 radical (unpaired) electrons. The van der Waals surface area contributed by atoms with Gasteiger partial charge in [-0.15, -0.1) is 5.10 Å². The van der Waals surface area contributed by atoms with Crippen molar-refractivity contribution in [2.75, 3.05) is 5.32 Å². The van der Waals surface area contributed by atoms with Crippen LogP contribution in [-0.4, -0.2) is 26.1 Å². The van der Waals surface area contributed by atoms with Crippen LogP contribution in [0.4, 0.5) is 5.69 Å². The molecular formula is C18H17N5O. The van der Waals surface area contributed by atoms with Gasteiger partial charge in [-0.1, -0.05) is 36.8 Å². The fraction of sp³-hybridized carbons (Fsp3) is 0.222. The van der Waals surface area contributed by atoms with E-state index >= 15 is 0 Å². The van der Waals surface area contributed by atoms with Crippen molar-refractivity contribution in [1.29, 1.82) is 0 Å². The van der Waals surface area contributed by atoms with Crippen LogP contribution >= 0.6 is 0 Å². The van der Waals surface area contributed by atoms with Gasteiger partial charge in [-0.3, -0.25) is 4.79 Å². The van der Waals surface area contributed by atoms with Crippen LogP contribution in [-0.2, 0) is 10.2 Å². The average molecular weight is 319 g/mol. The number of anilines is 1. The summed E-state index contributed by atoms with van der Waals surface area (Å²) in [5.41, 5.74) is 2.33. The Hall–Kier alpha value is -3.02. The zero-order valence-electron chi connectivity index (χ0n) is 13.1. The van der Waals surface area contributed by atoms with Crippen molar-refractivity contribution in [3.05, 3.63) is 66.5 Å². The molecule has 24 heavy (non-hydrogen) atoms. The van der Waals surface area contributed by atoms with Crippen molar-refractivity contribution in [3.63, 3.8) is 0 Å². The van der Waals surface area contributed by atoms with E-state index in [4.69, 9.17) is 0 Å². The van der Waals surface area contributed by atoms with Gasteiger partial charge in [-0.05, 0) is 53.1 Å². The number of amides is 1. The highest BCUT2D eigenvalue weighted by molar-refractivity contribution is 6.00. The van der Waals surface area contributed by atoms with Crippen LogP contribution in [0.15, 0.2) is 60.9 Å². The summed E-state index contributed by atoms with van der Waals surface area (Å²) in [5.74, 6) is 0.0649. The third-order valence-corrected chi connectivity index (χ3v) is 4.71. The Labute approximate surface area is 139 Å². The summed E-state index contributed by atoms with van der Waals surface area (Å²) >= 11 is 0. The highest BCUT2D eigenvalue weighted by Gasteiger charge is 2.45. The predicted octanol–water partition coefficient (Wildman–Crippen LogP) is 2.72. The topological polar surface area (TPSA) is 72.7 Å². The van der Waals surface area contributed by atoms with Gasteiger partial charge in [0.1, 0.15) is 6.33 Å². The number of hydrogen-bond acceptors (Lipinski definition) is 4. The molecule has 0 aliphatic heterocycles. The molecule has 1 heterocycles. The molecular weight excluding hydrogens is 302 g/mol. The van der Waals surface area contributed by atoms with E-state index in [-0.39, 0.29) is 5.91 Å². The van der Waals surface area contributed by atoms with E-state index in [9.17, 15) is 4.79 Å². The highest BCUT2D eigenvalue weighted by atomic mass is 16.2. The van der Waals surface area contributed by atoms with Crippen molar-refractivity contribution >= 4 is 11.6 Å². The average Bonchev–Trinajstić information content (AvgIpc) is 3.10. The quantitative estimate of drug-likeness (QED) is 0.802. The Morgan fingerprint density at radius 3 is 2.38 bits per heavy atom. The zero-order chi connectivity index (χ0) is 16.4. The molecule has 1 aliphatic rings. The molecule has 1 amide bonds. The van der Waals surface area contributed by atoms with Gasteiger partial charge in [0.25, 0.3) is 0 Å². The lowest BCUT2D eigenvalue weighted by Crippen LogP contribution is -2.45. The maximum absolute atomic E-state index is 12.9. The first-order chi connectivity index (χ1) is 11.8. The second-order valence-corrected chi connectivity index (χ2v) is 6.06. The molecule has 0 atom stereocenters. The van der Waals surface area contributed by atoms with Gasteiger partial charge in [0, 0.05) is 5.69 Å². The summed E-state index contributed by atoms with van der Waals surface area (Å²) in [7, 11) is 0. The SMILES string of the molecule is O=C(Nc1ccc(-n2cnnn2)cc1)C1(c2ccccc2)CCC1. The minimum Gasteiger partial charge on any atom is -0.325 e. The number of carbonyl (C=O) groups is 1. The lowest BCUT2D eigenvalue weighted by Gasteiger charge is -2.40. The predicted molar refractivity (Wildman–Crippen MR) is 89.8 cm³/mol. The van der Waals surface area contributed by atoms with Crippen molar-refractivity contribution in [3.8, 4) is 5.69 Å². The summed E-state index contributed by atoms with van der Waals surface area (Å²) < 4.78 is 1.57. The minimum atomic E-state index is -0.393.